The van der Waals surface area contributed by atoms with Crippen molar-refractivity contribution in [3.05, 3.63) is 29.3 Å². The Hall–Kier alpha value is -0.720. The molecule has 0 N–H and O–H groups in total. The standard InChI is InChI=1S/C15H21F3N2S/c1-19-6-3-7-20(9-8-19)11-12-4-5-13(21-2)10-14(12)15(16,17)18/h4-5,10H,3,6-9,11H2,1-2H3. The van der Waals surface area contributed by atoms with Gasteiger partial charge in [-0.15, -0.1) is 11.8 Å². The van der Waals surface area contributed by atoms with E-state index in [1.54, 1.807) is 18.4 Å². The summed E-state index contributed by atoms with van der Waals surface area (Å²) in [6.07, 6.45) is -1.50. The Bertz CT molecular complexity index is 476. The summed E-state index contributed by atoms with van der Waals surface area (Å²) in [7, 11) is 2.05. The second-order valence-corrected chi connectivity index (χ2v) is 6.33. The lowest BCUT2D eigenvalue weighted by Gasteiger charge is -2.22. The first-order valence-corrected chi connectivity index (χ1v) is 8.27. The molecule has 21 heavy (non-hydrogen) atoms. The van der Waals surface area contributed by atoms with Crippen molar-refractivity contribution in [1.29, 1.82) is 0 Å². The van der Waals surface area contributed by atoms with Gasteiger partial charge in [-0.2, -0.15) is 13.2 Å². The predicted molar refractivity (Wildman–Crippen MR) is 80.6 cm³/mol. The topological polar surface area (TPSA) is 6.48 Å². The number of nitrogens with zero attached hydrogens (tertiary/aromatic N) is 2. The molecule has 118 valence electrons. The number of hydrogen-bond donors (Lipinski definition) is 0. The Morgan fingerprint density at radius 3 is 2.57 bits per heavy atom. The van der Waals surface area contributed by atoms with Gasteiger partial charge in [0.1, 0.15) is 0 Å². The Morgan fingerprint density at radius 2 is 1.90 bits per heavy atom. The number of hydrogen-bond acceptors (Lipinski definition) is 3. The molecule has 1 aromatic carbocycles. The van der Waals surface area contributed by atoms with Gasteiger partial charge in [0.15, 0.2) is 0 Å². The second-order valence-electron chi connectivity index (χ2n) is 5.45. The van der Waals surface area contributed by atoms with E-state index in [9.17, 15) is 13.2 Å². The average molecular weight is 318 g/mol. The Kier molecular flexibility index (Phi) is 5.57. The van der Waals surface area contributed by atoms with Crippen LogP contribution in [0.3, 0.4) is 0 Å². The Morgan fingerprint density at radius 1 is 1.14 bits per heavy atom. The molecule has 0 saturated carbocycles. The third-order valence-electron chi connectivity index (χ3n) is 3.83. The van der Waals surface area contributed by atoms with Crippen LogP contribution in [0.2, 0.25) is 0 Å². The fraction of sp³-hybridized carbons (Fsp3) is 0.600. The highest BCUT2D eigenvalue weighted by molar-refractivity contribution is 7.98. The van der Waals surface area contributed by atoms with Crippen molar-refractivity contribution in [2.24, 2.45) is 0 Å². The lowest BCUT2D eigenvalue weighted by atomic mass is 10.1. The van der Waals surface area contributed by atoms with Crippen LogP contribution in [-0.4, -0.2) is 49.3 Å². The summed E-state index contributed by atoms with van der Waals surface area (Å²) in [4.78, 5) is 5.00. The van der Waals surface area contributed by atoms with Crippen LogP contribution in [0.4, 0.5) is 13.2 Å². The van der Waals surface area contributed by atoms with Crippen LogP contribution < -0.4 is 0 Å². The van der Waals surface area contributed by atoms with Crippen molar-refractivity contribution in [1.82, 2.24) is 9.80 Å². The molecule has 0 radical (unpaired) electrons. The van der Waals surface area contributed by atoms with E-state index in [2.05, 4.69) is 16.8 Å². The van der Waals surface area contributed by atoms with Crippen molar-refractivity contribution in [3.63, 3.8) is 0 Å². The summed E-state index contributed by atoms with van der Waals surface area (Å²) in [6.45, 7) is 3.96. The van der Waals surface area contributed by atoms with Gasteiger partial charge < -0.3 is 4.90 Å². The van der Waals surface area contributed by atoms with E-state index in [-0.39, 0.29) is 0 Å². The van der Waals surface area contributed by atoms with Gasteiger partial charge in [-0.1, -0.05) is 6.07 Å². The molecule has 1 fully saturated rings. The monoisotopic (exact) mass is 318 g/mol. The van der Waals surface area contributed by atoms with Gasteiger partial charge in [-0.3, -0.25) is 4.90 Å². The van der Waals surface area contributed by atoms with Crippen LogP contribution >= 0.6 is 11.8 Å². The third kappa shape index (κ3) is 4.63. The van der Waals surface area contributed by atoms with Gasteiger partial charge in [0.05, 0.1) is 5.56 Å². The van der Waals surface area contributed by atoms with E-state index in [0.29, 0.717) is 17.0 Å². The molecule has 1 aliphatic heterocycles. The van der Waals surface area contributed by atoms with Crippen LogP contribution in [0.25, 0.3) is 0 Å². The number of benzene rings is 1. The first-order valence-electron chi connectivity index (χ1n) is 7.05. The lowest BCUT2D eigenvalue weighted by molar-refractivity contribution is -0.138. The maximum Gasteiger partial charge on any atom is 0.416 e. The smallest absolute Gasteiger partial charge is 0.305 e. The first kappa shape index (κ1) is 16.6. The highest BCUT2D eigenvalue weighted by Gasteiger charge is 2.34. The van der Waals surface area contributed by atoms with Crippen molar-refractivity contribution >= 4 is 11.8 Å². The van der Waals surface area contributed by atoms with Gasteiger partial charge in [-0.25, -0.2) is 0 Å². The zero-order valence-electron chi connectivity index (χ0n) is 12.4. The summed E-state index contributed by atoms with van der Waals surface area (Å²) >= 11 is 1.34. The molecule has 6 heteroatoms. The summed E-state index contributed by atoms with van der Waals surface area (Å²) in [5.74, 6) is 0. The molecule has 1 aromatic rings. The molecule has 0 bridgehead atoms. The van der Waals surface area contributed by atoms with E-state index in [1.165, 1.54) is 17.8 Å². The largest absolute Gasteiger partial charge is 0.416 e. The number of halogens is 3. The zero-order valence-corrected chi connectivity index (χ0v) is 13.2. The minimum Gasteiger partial charge on any atom is -0.305 e. The van der Waals surface area contributed by atoms with Crippen LogP contribution in [-0.2, 0) is 12.7 Å². The summed E-state index contributed by atoms with van der Waals surface area (Å²) in [5.41, 5.74) is -0.114. The summed E-state index contributed by atoms with van der Waals surface area (Å²) in [5, 5.41) is 0. The molecular formula is C15H21F3N2S. The van der Waals surface area contributed by atoms with E-state index < -0.39 is 11.7 Å². The van der Waals surface area contributed by atoms with Crippen LogP contribution in [0.15, 0.2) is 23.1 Å². The molecule has 1 saturated heterocycles. The molecule has 0 unspecified atom stereocenters. The van der Waals surface area contributed by atoms with Crippen LogP contribution in [0.5, 0.6) is 0 Å². The maximum absolute atomic E-state index is 13.2. The lowest BCUT2D eigenvalue weighted by Crippen LogP contribution is -2.29. The Balaban J connectivity index is 2.18. The fourth-order valence-corrected chi connectivity index (χ4v) is 3.02. The average Bonchev–Trinajstić information content (AvgIpc) is 2.63. The quantitative estimate of drug-likeness (QED) is 0.787. The van der Waals surface area contributed by atoms with E-state index in [4.69, 9.17) is 0 Å². The summed E-state index contributed by atoms with van der Waals surface area (Å²) in [6, 6.07) is 4.67. The molecule has 1 heterocycles. The highest BCUT2D eigenvalue weighted by atomic mass is 32.2. The highest BCUT2D eigenvalue weighted by Crippen LogP contribution is 2.35. The van der Waals surface area contributed by atoms with Gasteiger partial charge in [0.2, 0.25) is 0 Å². The van der Waals surface area contributed by atoms with Crippen molar-refractivity contribution in [2.45, 2.75) is 24.0 Å². The fourth-order valence-electron chi connectivity index (χ4n) is 2.58. The molecule has 1 aliphatic rings. The van der Waals surface area contributed by atoms with Gasteiger partial charge in [0.25, 0.3) is 0 Å². The van der Waals surface area contributed by atoms with Gasteiger partial charge >= 0.3 is 6.18 Å². The number of thioether (sulfide) groups is 1. The van der Waals surface area contributed by atoms with Gasteiger partial charge in [0, 0.05) is 24.5 Å². The molecule has 2 nitrogen and oxygen atoms in total. The molecule has 0 spiro atoms. The molecule has 0 amide bonds. The van der Waals surface area contributed by atoms with E-state index in [1.807, 2.05) is 0 Å². The zero-order chi connectivity index (χ0) is 15.5. The number of rotatable bonds is 3. The molecule has 0 aliphatic carbocycles. The third-order valence-corrected chi connectivity index (χ3v) is 4.55. The predicted octanol–water partition coefficient (Wildman–Crippen LogP) is 3.56. The SMILES string of the molecule is CSc1ccc(CN2CCCN(C)CC2)c(C(F)(F)F)c1. The normalized spacial score (nSPS) is 18.7. The van der Waals surface area contributed by atoms with Crippen molar-refractivity contribution < 1.29 is 13.2 Å². The Labute approximate surface area is 128 Å². The van der Waals surface area contributed by atoms with E-state index >= 15 is 0 Å². The van der Waals surface area contributed by atoms with Gasteiger partial charge in [-0.05, 0) is 50.5 Å². The molecule has 2 rings (SSSR count). The van der Waals surface area contributed by atoms with Crippen molar-refractivity contribution in [3.8, 4) is 0 Å². The van der Waals surface area contributed by atoms with E-state index in [0.717, 1.165) is 32.6 Å². The van der Waals surface area contributed by atoms with Crippen molar-refractivity contribution in [2.75, 3.05) is 39.5 Å². The first-order chi connectivity index (χ1) is 9.90. The summed E-state index contributed by atoms with van der Waals surface area (Å²) < 4.78 is 39.7. The van der Waals surface area contributed by atoms with Crippen LogP contribution in [0, 0.1) is 0 Å². The second kappa shape index (κ2) is 7.03. The minimum absolute atomic E-state index is 0.372. The van der Waals surface area contributed by atoms with Crippen LogP contribution in [0.1, 0.15) is 17.5 Å². The molecular weight excluding hydrogens is 297 g/mol. The number of alkyl halides is 3. The molecule has 0 aromatic heterocycles. The molecule has 0 atom stereocenters. The number of likely N-dealkylation sites (N-methyl/N-ethyl adjacent to an activating group) is 1. The minimum atomic E-state index is -4.29. The maximum atomic E-state index is 13.2.